The third-order valence-corrected chi connectivity index (χ3v) is 3.24. The molecule has 0 aliphatic rings. The highest BCUT2D eigenvalue weighted by Gasteiger charge is 2.08. The average molecular weight is 280 g/mol. The van der Waals surface area contributed by atoms with Crippen LogP contribution in [0.15, 0.2) is 18.2 Å². The Morgan fingerprint density at radius 3 is 2.70 bits per heavy atom. The standard InChI is InChI=1S/C15H24N2O3/c1-11(9-16)4-7-15(18)17-10-12-5-6-13(19-2)8-14(12)20-3/h5-6,8,11H,4,7,9-10,16H2,1-3H3,(H,17,18). The molecule has 1 rings (SSSR count). The lowest BCUT2D eigenvalue weighted by molar-refractivity contribution is -0.121. The van der Waals surface area contributed by atoms with Gasteiger partial charge in [-0.3, -0.25) is 4.79 Å². The van der Waals surface area contributed by atoms with E-state index in [-0.39, 0.29) is 5.91 Å². The molecule has 1 unspecified atom stereocenters. The summed E-state index contributed by atoms with van der Waals surface area (Å²) in [5.74, 6) is 1.84. The Balaban J connectivity index is 2.50. The molecule has 20 heavy (non-hydrogen) atoms. The lowest BCUT2D eigenvalue weighted by atomic mass is 10.1. The van der Waals surface area contributed by atoms with Gasteiger partial charge in [-0.2, -0.15) is 0 Å². The van der Waals surface area contributed by atoms with Crippen LogP contribution in [0.3, 0.4) is 0 Å². The van der Waals surface area contributed by atoms with E-state index in [0.717, 1.165) is 17.7 Å². The fraction of sp³-hybridized carbons (Fsp3) is 0.533. The molecular formula is C15H24N2O3. The van der Waals surface area contributed by atoms with Gasteiger partial charge < -0.3 is 20.5 Å². The minimum Gasteiger partial charge on any atom is -0.497 e. The maximum atomic E-state index is 11.7. The SMILES string of the molecule is COc1ccc(CNC(=O)CCC(C)CN)c(OC)c1. The van der Waals surface area contributed by atoms with Crippen LogP contribution < -0.4 is 20.5 Å². The maximum absolute atomic E-state index is 11.7. The lowest BCUT2D eigenvalue weighted by Gasteiger charge is -2.12. The quantitative estimate of drug-likeness (QED) is 0.760. The highest BCUT2D eigenvalue weighted by molar-refractivity contribution is 5.75. The number of amides is 1. The molecule has 0 saturated carbocycles. The number of hydrogen-bond acceptors (Lipinski definition) is 4. The van der Waals surface area contributed by atoms with Gasteiger partial charge in [-0.05, 0) is 31.0 Å². The molecular weight excluding hydrogens is 256 g/mol. The number of benzene rings is 1. The molecule has 0 bridgehead atoms. The molecule has 5 nitrogen and oxygen atoms in total. The molecule has 0 aromatic heterocycles. The second kappa shape index (κ2) is 8.43. The number of carbonyl (C=O) groups is 1. The topological polar surface area (TPSA) is 73.6 Å². The van der Waals surface area contributed by atoms with Gasteiger partial charge in [0.1, 0.15) is 11.5 Å². The Labute approximate surface area is 120 Å². The first kappa shape index (κ1) is 16.3. The van der Waals surface area contributed by atoms with Crippen LogP contribution in [0.25, 0.3) is 0 Å². The highest BCUT2D eigenvalue weighted by atomic mass is 16.5. The van der Waals surface area contributed by atoms with E-state index < -0.39 is 0 Å². The van der Waals surface area contributed by atoms with Crippen molar-refractivity contribution < 1.29 is 14.3 Å². The molecule has 1 atom stereocenters. The largest absolute Gasteiger partial charge is 0.497 e. The summed E-state index contributed by atoms with van der Waals surface area (Å²) in [5.41, 5.74) is 6.45. The van der Waals surface area contributed by atoms with Gasteiger partial charge in [-0.25, -0.2) is 0 Å². The van der Waals surface area contributed by atoms with Crippen molar-refractivity contribution in [2.24, 2.45) is 11.7 Å². The minimum atomic E-state index is 0.0307. The molecule has 0 heterocycles. The Bertz CT molecular complexity index is 435. The van der Waals surface area contributed by atoms with Crippen LogP contribution in [0.4, 0.5) is 0 Å². The van der Waals surface area contributed by atoms with Crippen molar-refractivity contribution in [2.45, 2.75) is 26.3 Å². The van der Waals surface area contributed by atoms with Crippen LogP contribution in [0.1, 0.15) is 25.3 Å². The van der Waals surface area contributed by atoms with Crippen molar-refractivity contribution in [3.63, 3.8) is 0 Å². The van der Waals surface area contributed by atoms with Crippen LogP contribution in [0, 0.1) is 5.92 Å². The highest BCUT2D eigenvalue weighted by Crippen LogP contribution is 2.24. The number of nitrogens with two attached hydrogens (primary N) is 1. The Kier molecular flexibility index (Phi) is 6.87. The van der Waals surface area contributed by atoms with E-state index >= 15 is 0 Å². The van der Waals surface area contributed by atoms with Crippen molar-refractivity contribution in [1.29, 1.82) is 0 Å². The van der Waals surface area contributed by atoms with Crippen molar-refractivity contribution in [3.05, 3.63) is 23.8 Å². The van der Waals surface area contributed by atoms with E-state index in [2.05, 4.69) is 5.32 Å². The molecule has 0 radical (unpaired) electrons. The van der Waals surface area contributed by atoms with Crippen LogP contribution in [0.5, 0.6) is 11.5 Å². The number of methoxy groups -OCH3 is 2. The van der Waals surface area contributed by atoms with Gasteiger partial charge in [0.15, 0.2) is 0 Å². The summed E-state index contributed by atoms with van der Waals surface area (Å²) in [6.45, 7) is 3.10. The molecule has 1 aromatic rings. The zero-order valence-corrected chi connectivity index (χ0v) is 12.4. The van der Waals surface area contributed by atoms with Crippen molar-refractivity contribution in [1.82, 2.24) is 5.32 Å². The smallest absolute Gasteiger partial charge is 0.220 e. The predicted octanol–water partition coefficient (Wildman–Crippen LogP) is 1.69. The third kappa shape index (κ3) is 5.09. The van der Waals surface area contributed by atoms with Gasteiger partial charge in [0.25, 0.3) is 0 Å². The average Bonchev–Trinajstić information content (AvgIpc) is 2.50. The van der Waals surface area contributed by atoms with E-state index in [0.29, 0.717) is 31.2 Å². The van der Waals surface area contributed by atoms with Gasteiger partial charge in [0.05, 0.1) is 14.2 Å². The van der Waals surface area contributed by atoms with E-state index in [1.54, 1.807) is 20.3 Å². The summed E-state index contributed by atoms with van der Waals surface area (Å²) in [6.07, 6.45) is 1.30. The molecule has 0 fully saturated rings. The molecule has 5 heteroatoms. The number of rotatable bonds is 8. The number of nitrogens with one attached hydrogen (secondary N) is 1. The molecule has 0 aliphatic carbocycles. The predicted molar refractivity (Wildman–Crippen MR) is 78.8 cm³/mol. The molecule has 0 aliphatic heterocycles. The summed E-state index contributed by atoms with van der Waals surface area (Å²) >= 11 is 0. The van der Waals surface area contributed by atoms with Crippen LogP contribution in [-0.4, -0.2) is 26.7 Å². The van der Waals surface area contributed by atoms with Crippen molar-refractivity contribution >= 4 is 5.91 Å². The normalized spacial score (nSPS) is 11.8. The van der Waals surface area contributed by atoms with Gasteiger partial charge in [-0.1, -0.05) is 6.92 Å². The zero-order valence-electron chi connectivity index (χ0n) is 12.4. The maximum Gasteiger partial charge on any atom is 0.220 e. The first-order valence-electron chi connectivity index (χ1n) is 6.78. The van der Waals surface area contributed by atoms with Gasteiger partial charge in [0.2, 0.25) is 5.91 Å². The summed E-state index contributed by atoms with van der Waals surface area (Å²) in [4.78, 5) is 11.7. The van der Waals surface area contributed by atoms with Crippen molar-refractivity contribution in [3.8, 4) is 11.5 Å². The van der Waals surface area contributed by atoms with E-state index in [4.69, 9.17) is 15.2 Å². The third-order valence-electron chi connectivity index (χ3n) is 3.24. The first-order chi connectivity index (χ1) is 9.60. The van der Waals surface area contributed by atoms with Gasteiger partial charge >= 0.3 is 0 Å². The summed E-state index contributed by atoms with van der Waals surface area (Å²) in [7, 11) is 3.21. The molecule has 3 N–H and O–H groups in total. The molecule has 1 amide bonds. The van der Waals surface area contributed by atoms with Crippen LogP contribution in [-0.2, 0) is 11.3 Å². The zero-order chi connectivity index (χ0) is 15.0. The van der Waals surface area contributed by atoms with Crippen LogP contribution >= 0.6 is 0 Å². The second-order valence-electron chi connectivity index (χ2n) is 4.83. The fourth-order valence-electron chi connectivity index (χ4n) is 1.78. The molecule has 0 saturated heterocycles. The minimum absolute atomic E-state index is 0.0307. The van der Waals surface area contributed by atoms with Gasteiger partial charge in [0, 0.05) is 24.6 Å². The summed E-state index contributed by atoms with van der Waals surface area (Å²) in [5, 5.41) is 2.89. The first-order valence-corrected chi connectivity index (χ1v) is 6.78. The summed E-state index contributed by atoms with van der Waals surface area (Å²) in [6, 6.07) is 5.54. The Morgan fingerprint density at radius 1 is 1.35 bits per heavy atom. The van der Waals surface area contributed by atoms with E-state index in [9.17, 15) is 4.79 Å². The fourth-order valence-corrected chi connectivity index (χ4v) is 1.78. The number of ether oxygens (including phenoxy) is 2. The number of carbonyl (C=O) groups excluding carboxylic acids is 1. The van der Waals surface area contributed by atoms with Crippen LogP contribution in [0.2, 0.25) is 0 Å². The molecule has 0 spiro atoms. The summed E-state index contributed by atoms with van der Waals surface area (Å²) < 4.78 is 10.4. The number of hydrogen-bond donors (Lipinski definition) is 2. The Morgan fingerprint density at radius 2 is 2.10 bits per heavy atom. The monoisotopic (exact) mass is 280 g/mol. The molecule has 1 aromatic carbocycles. The van der Waals surface area contributed by atoms with E-state index in [1.807, 2.05) is 19.1 Å². The second-order valence-corrected chi connectivity index (χ2v) is 4.83. The Hall–Kier alpha value is -1.75. The van der Waals surface area contributed by atoms with Crippen molar-refractivity contribution in [2.75, 3.05) is 20.8 Å². The van der Waals surface area contributed by atoms with E-state index in [1.165, 1.54) is 0 Å². The lowest BCUT2D eigenvalue weighted by Crippen LogP contribution is -2.24. The molecule has 112 valence electrons. The van der Waals surface area contributed by atoms with Gasteiger partial charge in [-0.15, -0.1) is 0 Å².